The second kappa shape index (κ2) is 4.70. The fourth-order valence-corrected chi connectivity index (χ4v) is 1.39. The molecule has 0 bridgehead atoms. The molecule has 1 amide bonds. The summed E-state index contributed by atoms with van der Waals surface area (Å²) >= 11 is 0. The monoisotopic (exact) mass is 243 g/mol. The molecule has 6 heteroatoms. The average Bonchev–Trinajstić information content (AvgIpc) is 2.34. The van der Waals surface area contributed by atoms with E-state index in [1.54, 1.807) is 12.3 Å². The van der Waals surface area contributed by atoms with Crippen molar-refractivity contribution in [3.05, 3.63) is 41.9 Å². The maximum Gasteiger partial charge on any atom is 0.267 e. The number of anilines is 3. The molecule has 0 spiro atoms. The summed E-state index contributed by atoms with van der Waals surface area (Å²) < 4.78 is 0. The molecule has 2 aromatic rings. The van der Waals surface area contributed by atoms with Crippen LogP contribution in [0.3, 0.4) is 0 Å². The van der Waals surface area contributed by atoms with Crippen LogP contribution in [0.25, 0.3) is 0 Å². The molecule has 92 valence electrons. The lowest BCUT2D eigenvalue weighted by Crippen LogP contribution is -2.14. The Morgan fingerprint density at radius 3 is 2.67 bits per heavy atom. The molecule has 0 aliphatic carbocycles. The van der Waals surface area contributed by atoms with Gasteiger partial charge in [-0.05, 0) is 31.2 Å². The Hall–Kier alpha value is -2.63. The lowest BCUT2D eigenvalue weighted by atomic mass is 10.3. The van der Waals surface area contributed by atoms with Crippen LogP contribution in [0, 0.1) is 6.92 Å². The van der Waals surface area contributed by atoms with E-state index in [4.69, 9.17) is 11.5 Å². The first-order valence-corrected chi connectivity index (χ1v) is 5.32. The molecule has 0 fully saturated rings. The van der Waals surface area contributed by atoms with E-state index in [0.717, 1.165) is 11.4 Å². The number of nitrogens with one attached hydrogen (secondary N) is 1. The number of nitrogen functional groups attached to an aromatic ring is 1. The molecule has 2 heterocycles. The topological polar surface area (TPSA) is 107 Å². The third-order valence-corrected chi connectivity index (χ3v) is 2.35. The molecule has 0 saturated heterocycles. The largest absolute Gasteiger partial charge is 0.396 e. The van der Waals surface area contributed by atoms with Crippen molar-refractivity contribution in [3.63, 3.8) is 0 Å². The molecular formula is C12H13N5O. The van der Waals surface area contributed by atoms with Crippen LogP contribution in [0.1, 0.15) is 16.2 Å². The van der Waals surface area contributed by atoms with Gasteiger partial charge in [0.1, 0.15) is 5.69 Å². The van der Waals surface area contributed by atoms with Gasteiger partial charge in [-0.1, -0.05) is 0 Å². The Labute approximate surface area is 104 Å². The van der Waals surface area contributed by atoms with E-state index in [-0.39, 0.29) is 5.69 Å². The van der Waals surface area contributed by atoms with Crippen LogP contribution >= 0.6 is 0 Å². The molecule has 2 rings (SSSR count). The lowest BCUT2D eigenvalue weighted by Gasteiger charge is -2.09. The molecule has 0 aliphatic heterocycles. The summed E-state index contributed by atoms with van der Waals surface area (Å²) in [5.41, 5.74) is 13.2. The number of nitrogens with zero attached hydrogens (tertiary/aromatic N) is 2. The highest BCUT2D eigenvalue weighted by Crippen LogP contribution is 2.20. The predicted molar refractivity (Wildman–Crippen MR) is 69.4 cm³/mol. The molecule has 5 N–H and O–H groups in total. The first-order valence-electron chi connectivity index (χ1n) is 5.32. The van der Waals surface area contributed by atoms with Gasteiger partial charge in [0.05, 0.1) is 17.6 Å². The highest BCUT2D eigenvalue weighted by atomic mass is 16.1. The zero-order chi connectivity index (χ0) is 13.1. The fraction of sp³-hybridized carbons (Fsp3) is 0.0833. The molecule has 0 saturated carbocycles. The molecule has 0 atom stereocenters. The van der Waals surface area contributed by atoms with Crippen LogP contribution in [0.4, 0.5) is 17.2 Å². The number of primary amides is 1. The summed E-state index contributed by atoms with van der Waals surface area (Å²) in [6.07, 6.45) is 1.66. The van der Waals surface area contributed by atoms with E-state index >= 15 is 0 Å². The summed E-state index contributed by atoms with van der Waals surface area (Å²) in [6, 6.07) is 6.77. The number of rotatable bonds is 3. The van der Waals surface area contributed by atoms with Crippen molar-refractivity contribution in [2.75, 3.05) is 11.1 Å². The quantitative estimate of drug-likeness (QED) is 0.751. The van der Waals surface area contributed by atoms with Crippen LogP contribution in [0.2, 0.25) is 0 Å². The van der Waals surface area contributed by atoms with Crippen molar-refractivity contribution in [2.45, 2.75) is 6.92 Å². The lowest BCUT2D eigenvalue weighted by molar-refractivity contribution is 0.0996. The highest BCUT2D eigenvalue weighted by Gasteiger charge is 2.07. The maximum atomic E-state index is 11.0. The van der Waals surface area contributed by atoms with Crippen molar-refractivity contribution in [1.29, 1.82) is 0 Å². The molecule has 18 heavy (non-hydrogen) atoms. The molecule has 6 nitrogen and oxygen atoms in total. The number of aromatic nitrogens is 2. The van der Waals surface area contributed by atoms with Crippen LogP contribution in [0.5, 0.6) is 0 Å². The van der Waals surface area contributed by atoms with E-state index in [0.29, 0.717) is 11.5 Å². The Kier molecular flexibility index (Phi) is 3.09. The van der Waals surface area contributed by atoms with Gasteiger partial charge in [0, 0.05) is 5.69 Å². The number of hydrogen-bond acceptors (Lipinski definition) is 5. The summed E-state index contributed by atoms with van der Waals surface area (Å²) in [4.78, 5) is 19.2. The third kappa shape index (κ3) is 2.54. The number of carbonyl (C=O) groups excluding carboxylic acids is 1. The van der Waals surface area contributed by atoms with Crippen LogP contribution in [-0.4, -0.2) is 15.9 Å². The van der Waals surface area contributed by atoms with Crippen molar-refractivity contribution >= 4 is 23.1 Å². The van der Waals surface area contributed by atoms with E-state index in [2.05, 4.69) is 15.3 Å². The van der Waals surface area contributed by atoms with E-state index in [1.165, 1.54) is 6.07 Å². The number of aryl methyl sites for hydroxylation is 1. The van der Waals surface area contributed by atoms with Gasteiger partial charge in [-0.2, -0.15) is 0 Å². The summed E-state index contributed by atoms with van der Waals surface area (Å²) in [5.74, 6) is -0.211. The fourth-order valence-electron chi connectivity index (χ4n) is 1.39. The number of carbonyl (C=O) groups is 1. The Bertz CT molecular complexity index is 580. The van der Waals surface area contributed by atoms with Crippen molar-refractivity contribution in [1.82, 2.24) is 9.97 Å². The molecule has 0 aliphatic rings. The minimum atomic E-state index is -0.597. The summed E-state index contributed by atoms with van der Waals surface area (Å²) in [7, 11) is 0. The molecule has 0 unspecified atom stereocenters. The third-order valence-electron chi connectivity index (χ3n) is 2.35. The number of pyridine rings is 2. The van der Waals surface area contributed by atoms with Crippen LogP contribution < -0.4 is 16.8 Å². The van der Waals surface area contributed by atoms with Gasteiger partial charge >= 0.3 is 0 Å². The first kappa shape index (κ1) is 11.8. The van der Waals surface area contributed by atoms with Gasteiger partial charge in [0.15, 0.2) is 5.82 Å². The van der Waals surface area contributed by atoms with Gasteiger partial charge in [0.25, 0.3) is 5.91 Å². The van der Waals surface area contributed by atoms with Gasteiger partial charge in [0.2, 0.25) is 0 Å². The van der Waals surface area contributed by atoms with Gasteiger partial charge < -0.3 is 16.8 Å². The van der Waals surface area contributed by atoms with Crippen molar-refractivity contribution in [2.24, 2.45) is 5.73 Å². The Morgan fingerprint density at radius 2 is 2.06 bits per heavy atom. The van der Waals surface area contributed by atoms with E-state index in [1.807, 2.05) is 19.1 Å². The normalized spacial score (nSPS) is 10.1. The second-order valence-corrected chi connectivity index (χ2v) is 3.81. The molecule has 0 radical (unpaired) electrons. The number of nitrogens with two attached hydrogens (primary N) is 2. The number of hydrogen-bond donors (Lipinski definition) is 3. The predicted octanol–water partition coefficient (Wildman–Crippen LogP) is 1.21. The minimum Gasteiger partial charge on any atom is -0.396 e. The summed E-state index contributed by atoms with van der Waals surface area (Å²) in [5, 5.41) is 2.99. The van der Waals surface area contributed by atoms with E-state index < -0.39 is 5.91 Å². The second-order valence-electron chi connectivity index (χ2n) is 3.81. The standard InChI is InChI=1S/C12H13N5O/c1-7-2-3-8(6-15-7)16-12-9(13)4-5-10(17-12)11(14)18/h2-6H,13H2,1H3,(H2,14,18)(H,16,17). The average molecular weight is 243 g/mol. The maximum absolute atomic E-state index is 11.0. The Morgan fingerprint density at radius 1 is 1.28 bits per heavy atom. The summed E-state index contributed by atoms with van der Waals surface area (Å²) in [6.45, 7) is 1.89. The van der Waals surface area contributed by atoms with Gasteiger partial charge in [-0.3, -0.25) is 9.78 Å². The smallest absolute Gasteiger partial charge is 0.267 e. The molecular weight excluding hydrogens is 230 g/mol. The first-order chi connectivity index (χ1) is 8.56. The van der Waals surface area contributed by atoms with Crippen LogP contribution in [0.15, 0.2) is 30.5 Å². The van der Waals surface area contributed by atoms with E-state index in [9.17, 15) is 4.79 Å². The minimum absolute atomic E-state index is 0.159. The highest BCUT2D eigenvalue weighted by molar-refractivity contribution is 5.92. The number of amides is 1. The van der Waals surface area contributed by atoms with Crippen LogP contribution in [-0.2, 0) is 0 Å². The zero-order valence-electron chi connectivity index (χ0n) is 9.84. The van der Waals surface area contributed by atoms with Crippen molar-refractivity contribution in [3.8, 4) is 0 Å². The zero-order valence-corrected chi connectivity index (χ0v) is 9.84. The molecule has 0 aromatic carbocycles. The Balaban J connectivity index is 2.30. The molecule has 2 aromatic heterocycles. The van der Waals surface area contributed by atoms with Crippen molar-refractivity contribution < 1.29 is 4.79 Å². The van der Waals surface area contributed by atoms with Gasteiger partial charge in [-0.25, -0.2) is 4.98 Å². The van der Waals surface area contributed by atoms with Gasteiger partial charge in [-0.15, -0.1) is 0 Å². The SMILES string of the molecule is Cc1ccc(Nc2nc(C(N)=O)ccc2N)cn1.